The SMILES string of the molecule is Cc1cc(C(F)(F)F)nn1CC(C)CN. The second-order valence-corrected chi connectivity index (χ2v) is 3.69. The van der Waals surface area contributed by atoms with Gasteiger partial charge in [0, 0.05) is 12.2 Å². The minimum Gasteiger partial charge on any atom is -0.330 e. The fraction of sp³-hybridized carbons (Fsp3) is 0.667. The van der Waals surface area contributed by atoms with E-state index in [4.69, 9.17) is 5.73 Å². The first-order valence-electron chi connectivity index (χ1n) is 4.66. The van der Waals surface area contributed by atoms with Crippen molar-refractivity contribution in [2.75, 3.05) is 6.54 Å². The third-order valence-corrected chi connectivity index (χ3v) is 2.16. The van der Waals surface area contributed by atoms with Crippen LogP contribution in [-0.4, -0.2) is 16.3 Å². The van der Waals surface area contributed by atoms with Crippen LogP contribution in [-0.2, 0) is 12.7 Å². The Balaban J connectivity index is 2.87. The van der Waals surface area contributed by atoms with Crippen LogP contribution in [0.15, 0.2) is 6.07 Å². The van der Waals surface area contributed by atoms with Crippen molar-refractivity contribution >= 4 is 0 Å². The van der Waals surface area contributed by atoms with E-state index in [0.29, 0.717) is 18.8 Å². The molecule has 2 N–H and O–H groups in total. The van der Waals surface area contributed by atoms with Crippen molar-refractivity contribution in [3.63, 3.8) is 0 Å². The molecule has 15 heavy (non-hydrogen) atoms. The first-order chi connectivity index (χ1) is 6.84. The zero-order chi connectivity index (χ0) is 11.6. The molecule has 0 amide bonds. The average molecular weight is 221 g/mol. The molecule has 0 aliphatic carbocycles. The van der Waals surface area contributed by atoms with Crippen LogP contribution in [0.1, 0.15) is 18.3 Å². The Kier molecular flexibility index (Phi) is 3.38. The quantitative estimate of drug-likeness (QED) is 0.845. The lowest BCUT2D eigenvalue weighted by Gasteiger charge is -2.09. The lowest BCUT2D eigenvalue weighted by atomic mass is 10.2. The average Bonchev–Trinajstić information content (AvgIpc) is 2.47. The Bertz CT molecular complexity index is 330. The summed E-state index contributed by atoms with van der Waals surface area (Å²) in [5, 5.41) is 3.51. The number of rotatable bonds is 3. The zero-order valence-corrected chi connectivity index (χ0v) is 8.67. The van der Waals surface area contributed by atoms with E-state index in [1.807, 2.05) is 6.92 Å². The molecule has 0 spiro atoms. The van der Waals surface area contributed by atoms with Gasteiger partial charge in [-0.25, -0.2) is 0 Å². The summed E-state index contributed by atoms with van der Waals surface area (Å²) >= 11 is 0. The number of halogens is 3. The smallest absolute Gasteiger partial charge is 0.330 e. The van der Waals surface area contributed by atoms with Gasteiger partial charge in [0.15, 0.2) is 5.69 Å². The minimum absolute atomic E-state index is 0.115. The summed E-state index contributed by atoms with van der Waals surface area (Å²) in [5.41, 5.74) is 5.06. The highest BCUT2D eigenvalue weighted by Crippen LogP contribution is 2.28. The van der Waals surface area contributed by atoms with Crippen LogP contribution in [0.5, 0.6) is 0 Å². The van der Waals surface area contributed by atoms with Gasteiger partial charge in [-0.2, -0.15) is 18.3 Å². The van der Waals surface area contributed by atoms with Gasteiger partial charge in [-0.15, -0.1) is 0 Å². The van der Waals surface area contributed by atoms with E-state index >= 15 is 0 Å². The maximum atomic E-state index is 12.3. The number of alkyl halides is 3. The van der Waals surface area contributed by atoms with E-state index in [9.17, 15) is 13.2 Å². The lowest BCUT2D eigenvalue weighted by Crippen LogP contribution is -2.19. The predicted octanol–water partition coefficient (Wildman–Crippen LogP) is 1.81. The van der Waals surface area contributed by atoms with E-state index in [1.54, 1.807) is 6.92 Å². The van der Waals surface area contributed by atoms with E-state index in [-0.39, 0.29) is 5.92 Å². The summed E-state index contributed by atoms with van der Waals surface area (Å²) in [6.45, 7) is 4.32. The molecule has 1 heterocycles. The summed E-state index contributed by atoms with van der Waals surface area (Å²) in [4.78, 5) is 0. The van der Waals surface area contributed by atoms with Crippen molar-refractivity contribution in [1.82, 2.24) is 9.78 Å². The summed E-state index contributed by atoms with van der Waals surface area (Å²) in [6, 6.07) is 1.04. The fourth-order valence-corrected chi connectivity index (χ4v) is 1.20. The highest BCUT2D eigenvalue weighted by Gasteiger charge is 2.34. The highest BCUT2D eigenvalue weighted by molar-refractivity contribution is 5.11. The molecule has 1 unspecified atom stereocenters. The molecule has 1 rings (SSSR count). The van der Waals surface area contributed by atoms with Gasteiger partial charge in [-0.1, -0.05) is 6.92 Å². The molecule has 0 saturated carbocycles. The van der Waals surface area contributed by atoms with Crippen molar-refractivity contribution in [1.29, 1.82) is 0 Å². The van der Waals surface area contributed by atoms with Crippen molar-refractivity contribution in [2.45, 2.75) is 26.6 Å². The van der Waals surface area contributed by atoms with Crippen LogP contribution in [0.3, 0.4) is 0 Å². The second-order valence-electron chi connectivity index (χ2n) is 3.69. The van der Waals surface area contributed by atoms with E-state index in [1.165, 1.54) is 4.68 Å². The van der Waals surface area contributed by atoms with Gasteiger partial charge in [0.2, 0.25) is 0 Å². The van der Waals surface area contributed by atoms with Gasteiger partial charge in [0.1, 0.15) is 0 Å². The van der Waals surface area contributed by atoms with Crippen LogP contribution in [0.4, 0.5) is 13.2 Å². The normalized spacial score (nSPS) is 14.3. The predicted molar refractivity (Wildman–Crippen MR) is 50.2 cm³/mol. The third-order valence-electron chi connectivity index (χ3n) is 2.16. The van der Waals surface area contributed by atoms with Gasteiger partial charge in [-0.05, 0) is 25.5 Å². The molecule has 0 saturated heterocycles. The van der Waals surface area contributed by atoms with Crippen molar-refractivity contribution in [3.05, 3.63) is 17.5 Å². The largest absolute Gasteiger partial charge is 0.435 e. The molecule has 86 valence electrons. The first-order valence-corrected chi connectivity index (χ1v) is 4.66. The van der Waals surface area contributed by atoms with Gasteiger partial charge in [-0.3, -0.25) is 4.68 Å². The molecule has 0 bridgehead atoms. The molecule has 6 heteroatoms. The zero-order valence-electron chi connectivity index (χ0n) is 8.67. The van der Waals surface area contributed by atoms with E-state index < -0.39 is 11.9 Å². The highest BCUT2D eigenvalue weighted by atomic mass is 19.4. The molecule has 3 nitrogen and oxygen atoms in total. The van der Waals surface area contributed by atoms with E-state index in [0.717, 1.165) is 6.07 Å². The van der Waals surface area contributed by atoms with Gasteiger partial charge in [0.25, 0.3) is 0 Å². The second kappa shape index (κ2) is 4.22. The molecule has 0 aliphatic rings. The Morgan fingerprint density at radius 2 is 2.13 bits per heavy atom. The minimum atomic E-state index is -4.37. The van der Waals surface area contributed by atoms with Crippen LogP contribution in [0.2, 0.25) is 0 Å². The number of hydrogen-bond acceptors (Lipinski definition) is 2. The van der Waals surface area contributed by atoms with Gasteiger partial charge in [0.05, 0.1) is 0 Å². The Morgan fingerprint density at radius 1 is 1.53 bits per heavy atom. The first kappa shape index (κ1) is 12.0. The molecular formula is C9H14F3N3. The van der Waals surface area contributed by atoms with E-state index in [2.05, 4.69) is 5.10 Å². The number of aromatic nitrogens is 2. The van der Waals surface area contributed by atoms with Gasteiger partial charge >= 0.3 is 6.18 Å². The van der Waals surface area contributed by atoms with Gasteiger partial charge < -0.3 is 5.73 Å². The Hall–Kier alpha value is -1.04. The molecule has 0 aliphatic heterocycles. The van der Waals surface area contributed by atoms with Crippen LogP contribution >= 0.6 is 0 Å². The number of hydrogen-bond donors (Lipinski definition) is 1. The number of nitrogens with zero attached hydrogens (tertiary/aromatic N) is 2. The summed E-state index contributed by atoms with van der Waals surface area (Å²) < 4.78 is 38.2. The number of nitrogens with two attached hydrogens (primary N) is 1. The van der Waals surface area contributed by atoms with Crippen LogP contribution < -0.4 is 5.73 Å². The summed E-state index contributed by atoms with van der Waals surface area (Å²) in [5.74, 6) is 0.115. The van der Waals surface area contributed by atoms with Crippen LogP contribution in [0, 0.1) is 12.8 Å². The standard InChI is InChI=1S/C9H14F3N3/c1-6(4-13)5-15-7(2)3-8(14-15)9(10,11)12/h3,6H,4-5,13H2,1-2H3. The van der Waals surface area contributed by atoms with Crippen LogP contribution in [0.25, 0.3) is 0 Å². The van der Waals surface area contributed by atoms with Crippen molar-refractivity contribution < 1.29 is 13.2 Å². The molecule has 0 fully saturated rings. The summed E-state index contributed by atoms with van der Waals surface area (Å²) in [7, 11) is 0. The maximum absolute atomic E-state index is 12.3. The molecule has 0 aromatic carbocycles. The molecule has 1 atom stereocenters. The Morgan fingerprint density at radius 3 is 2.53 bits per heavy atom. The fourth-order valence-electron chi connectivity index (χ4n) is 1.20. The van der Waals surface area contributed by atoms with Crippen molar-refractivity contribution in [3.8, 4) is 0 Å². The molecule has 1 aromatic heterocycles. The van der Waals surface area contributed by atoms with Crippen molar-refractivity contribution in [2.24, 2.45) is 11.7 Å². The molecule has 0 radical (unpaired) electrons. The monoisotopic (exact) mass is 221 g/mol. The number of aryl methyl sites for hydroxylation is 1. The topological polar surface area (TPSA) is 43.8 Å². The summed E-state index contributed by atoms with van der Waals surface area (Å²) in [6.07, 6.45) is -4.37. The molecular weight excluding hydrogens is 207 g/mol. The lowest BCUT2D eigenvalue weighted by molar-refractivity contribution is -0.141. The molecule has 1 aromatic rings. The Labute approximate surface area is 86.1 Å². The maximum Gasteiger partial charge on any atom is 0.435 e. The third kappa shape index (κ3) is 2.95.